The average Bonchev–Trinajstić information content (AvgIpc) is 3.30. The summed E-state index contributed by atoms with van der Waals surface area (Å²) < 4.78 is 7.27. The third-order valence-corrected chi connectivity index (χ3v) is 5.66. The molecule has 0 atom stereocenters. The second-order valence-electron chi connectivity index (χ2n) is 5.36. The van der Waals surface area contributed by atoms with Crippen molar-refractivity contribution in [3.8, 4) is 27.6 Å². The van der Waals surface area contributed by atoms with E-state index in [4.69, 9.17) is 4.74 Å². The van der Waals surface area contributed by atoms with Crippen LogP contribution in [0.4, 0.5) is 0 Å². The van der Waals surface area contributed by atoms with Crippen LogP contribution < -0.4 is 4.74 Å². The highest BCUT2D eigenvalue weighted by Crippen LogP contribution is 2.35. The monoisotopic (exact) mass is 354 g/mol. The molecule has 24 heavy (non-hydrogen) atoms. The van der Waals surface area contributed by atoms with Gasteiger partial charge in [0, 0.05) is 5.38 Å². The van der Waals surface area contributed by atoms with Crippen LogP contribution in [0.25, 0.3) is 26.8 Å². The summed E-state index contributed by atoms with van der Waals surface area (Å²) in [5, 5.41) is 4.03. The van der Waals surface area contributed by atoms with E-state index < -0.39 is 0 Å². The van der Waals surface area contributed by atoms with Crippen LogP contribution >= 0.6 is 22.7 Å². The van der Waals surface area contributed by atoms with Crippen LogP contribution in [0.15, 0.2) is 41.1 Å². The van der Waals surface area contributed by atoms with Gasteiger partial charge in [-0.3, -0.25) is 9.20 Å². The van der Waals surface area contributed by atoms with Gasteiger partial charge in [0.25, 0.3) is 0 Å². The number of ether oxygens (including phenoxy) is 1. The fourth-order valence-electron chi connectivity index (χ4n) is 2.82. The van der Waals surface area contributed by atoms with Gasteiger partial charge in [-0.2, -0.15) is 0 Å². The number of benzene rings is 1. The number of fused-ring (bicyclic) bond motifs is 1. The molecular weight excluding hydrogens is 340 g/mol. The van der Waals surface area contributed by atoms with E-state index in [1.54, 1.807) is 18.4 Å². The smallest absolute Gasteiger partial charge is 0.195 e. The summed E-state index contributed by atoms with van der Waals surface area (Å²) in [5.41, 5.74) is 4.41. The number of hydrogen-bond acceptors (Lipinski definition) is 5. The third-order valence-electron chi connectivity index (χ3n) is 3.96. The molecule has 4 rings (SSSR count). The fourth-order valence-corrected chi connectivity index (χ4v) is 4.45. The van der Waals surface area contributed by atoms with Crippen LogP contribution in [0.1, 0.15) is 16.1 Å². The number of carbonyl (C=O) groups excluding carboxylic acids is 1. The van der Waals surface area contributed by atoms with Gasteiger partial charge in [-0.1, -0.05) is 6.07 Å². The standard InChI is InChI=1S/C18H14N2O2S2/c1-11-8-12(5-6-15(11)22-2)14-10-24-18-19-17(13(9-21)20(14)18)16-4-3-7-23-16/h3-10H,1-2H3. The van der Waals surface area contributed by atoms with Crippen molar-refractivity contribution in [3.05, 3.63) is 52.3 Å². The van der Waals surface area contributed by atoms with Crippen LogP contribution in [0.2, 0.25) is 0 Å². The lowest BCUT2D eigenvalue weighted by Crippen LogP contribution is -1.94. The largest absolute Gasteiger partial charge is 0.496 e. The van der Waals surface area contributed by atoms with Gasteiger partial charge in [-0.05, 0) is 47.7 Å². The van der Waals surface area contributed by atoms with Crippen LogP contribution in [-0.4, -0.2) is 22.8 Å². The molecular formula is C18H14N2O2S2. The van der Waals surface area contributed by atoms with Crippen molar-refractivity contribution in [2.45, 2.75) is 6.92 Å². The van der Waals surface area contributed by atoms with Crippen LogP contribution in [0, 0.1) is 6.92 Å². The number of hydrogen-bond donors (Lipinski definition) is 0. The van der Waals surface area contributed by atoms with E-state index in [0.29, 0.717) is 5.69 Å². The van der Waals surface area contributed by atoms with Gasteiger partial charge in [-0.25, -0.2) is 4.98 Å². The molecule has 0 spiro atoms. The first-order valence-electron chi connectivity index (χ1n) is 7.37. The number of rotatable bonds is 4. The number of aryl methyl sites for hydroxylation is 1. The van der Waals surface area contributed by atoms with E-state index in [2.05, 4.69) is 11.1 Å². The number of nitrogens with zero attached hydrogens (tertiary/aromatic N) is 2. The van der Waals surface area contributed by atoms with Crippen molar-refractivity contribution in [1.82, 2.24) is 9.38 Å². The highest BCUT2D eigenvalue weighted by atomic mass is 32.1. The Labute approximate surface area is 147 Å². The van der Waals surface area contributed by atoms with Gasteiger partial charge in [0.15, 0.2) is 11.2 Å². The molecule has 0 amide bonds. The molecule has 3 aromatic heterocycles. The second kappa shape index (κ2) is 5.89. The maximum Gasteiger partial charge on any atom is 0.195 e. The van der Waals surface area contributed by atoms with Crippen LogP contribution in [-0.2, 0) is 0 Å². The molecule has 120 valence electrons. The number of carbonyl (C=O) groups is 1. The minimum Gasteiger partial charge on any atom is -0.496 e. The van der Waals surface area contributed by atoms with Crippen molar-refractivity contribution < 1.29 is 9.53 Å². The van der Waals surface area contributed by atoms with Gasteiger partial charge in [0.2, 0.25) is 0 Å². The van der Waals surface area contributed by atoms with Gasteiger partial charge < -0.3 is 4.74 Å². The van der Waals surface area contributed by atoms with Crippen molar-refractivity contribution in [3.63, 3.8) is 0 Å². The molecule has 0 aliphatic carbocycles. The van der Waals surface area contributed by atoms with E-state index >= 15 is 0 Å². The Morgan fingerprint density at radius 3 is 2.79 bits per heavy atom. The summed E-state index contributed by atoms with van der Waals surface area (Å²) in [6.45, 7) is 2.01. The summed E-state index contributed by atoms with van der Waals surface area (Å²) >= 11 is 3.13. The van der Waals surface area contributed by atoms with E-state index in [-0.39, 0.29) is 0 Å². The lowest BCUT2D eigenvalue weighted by molar-refractivity contribution is 0.111. The van der Waals surface area contributed by atoms with Crippen molar-refractivity contribution >= 4 is 33.9 Å². The van der Waals surface area contributed by atoms with Gasteiger partial charge in [0.05, 0.1) is 17.7 Å². The minimum absolute atomic E-state index is 0.595. The summed E-state index contributed by atoms with van der Waals surface area (Å²) in [5.74, 6) is 0.853. The molecule has 6 heteroatoms. The molecule has 0 aliphatic heterocycles. The Balaban J connectivity index is 1.94. The Bertz CT molecular complexity index is 1030. The molecule has 0 saturated carbocycles. The summed E-state index contributed by atoms with van der Waals surface area (Å²) in [7, 11) is 1.67. The molecule has 1 aromatic carbocycles. The first kappa shape index (κ1) is 15.1. The molecule has 4 nitrogen and oxygen atoms in total. The molecule has 0 radical (unpaired) electrons. The average molecular weight is 354 g/mol. The molecule has 0 aliphatic rings. The highest BCUT2D eigenvalue weighted by Gasteiger charge is 2.19. The number of thiophene rings is 1. The molecule has 0 saturated heterocycles. The molecule has 0 bridgehead atoms. The predicted octanol–water partition coefficient (Wildman–Crippen LogP) is 4.92. The first-order chi connectivity index (χ1) is 11.7. The number of imidazole rings is 1. The maximum atomic E-state index is 11.8. The summed E-state index contributed by atoms with van der Waals surface area (Å²) in [6, 6.07) is 9.98. The third kappa shape index (κ3) is 2.26. The maximum absolute atomic E-state index is 11.8. The molecule has 3 heterocycles. The van der Waals surface area contributed by atoms with E-state index in [0.717, 1.165) is 44.4 Å². The zero-order valence-electron chi connectivity index (χ0n) is 13.1. The lowest BCUT2D eigenvalue weighted by Gasteiger charge is -2.07. The lowest BCUT2D eigenvalue weighted by atomic mass is 10.1. The first-order valence-corrected chi connectivity index (χ1v) is 9.13. The van der Waals surface area contributed by atoms with Crippen LogP contribution in [0.5, 0.6) is 5.75 Å². The zero-order chi connectivity index (χ0) is 16.7. The Morgan fingerprint density at radius 2 is 2.12 bits per heavy atom. The summed E-state index contributed by atoms with van der Waals surface area (Å²) in [4.78, 5) is 18.3. The zero-order valence-corrected chi connectivity index (χ0v) is 14.8. The Hall–Kier alpha value is -2.44. The predicted molar refractivity (Wildman–Crippen MR) is 98.5 cm³/mol. The Kier molecular flexibility index (Phi) is 3.70. The number of methoxy groups -OCH3 is 1. The van der Waals surface area contributed by atoms with Crippen molar-refractivity contribution in [1.29, 1.82) is 0 Å². The van der Waals surface area contributed by atoms with Crippen molar-refractivity contribution in [2.24, 2.45) is 0 Å². The number of aromatic nitrogens is 2. The Morgan fingerprint density at radius 1 is 1.25 bits per heavy atom. The number of aldehydes is 1. The van der Waals surface area contributed by atoms with Crippen LogP contribution in [0.3, 0.4) is 0 Å². The SMILES string of the molecule is COc1ccc(-c2csc3nc(-c4cccs4)c(C=O)n23)cc1C. The van der Waals surface area contributed by atoms with E-state index in [1.807, 2.05) is 46.4 Å². The van der Waals surface area contributed by atoms with Gasteiger partial charge >= 0.3 is 0 Å². The quantitative estimate of drug-likeness (QED) is 0.489. The molecule has 0 N–H and O–H groups in total. The van der Waals surface area contributed by atoms with E-state index in [1.165, 1.54) is 11.3 Å². The molecule has 0 unspecified atom stereocenters. The fraction of sp³-hybridized carbons (Fsp3) is 0.111. The normalized spacial score (nSPS) is 11.1. The number of thiazole rings is 1. The summed E-state index contributed by atoms with van der Waals surface area (Å²) in [6.07, 6.45) is 0.891. The van der Waals surface area contributed by atoms with Crippen molar-refractivity contribution in [2.75, 3.05) is 7.11 Å². The minimum atomic E-state index is 0.595. The second-order valence-corrected chi connectivity index (χ2v) is 7.15. The highest BCUT2D eigenvalue weighted by molar-refractivity contribution is 7.15. The van der Waals surface area contributed by atoms with Gasteiger partial charge in [0.1, 0.15) is 17.1 Å². The molecule has 0 fully saturated rings. The van der Waals surface area contributed by atoms with E-state index in [9.17, 15) is 4.79 Å². The topological polar surface area (TPSA) is 43.6 Å². The molecule has 4 aromatic rings. The van der Waals surface area contributed by atoms with Gasteiger partial charge in [-0.15, -0.1) is 22.7 Å².